The van der Waals surface area contributed by atoms with Gasteiger partial charge in [0.2, 0.25) is 0 Å². The summed E-state index contributed by atoms with van der Waals surface area (Å²) in [6, 6.07) is 19.6. The van der Waals surface area contributed by atoms with E-state index >= 15 is 0 Å². The largest absolute Gasteiger partial charge is 0.497 e. The van der Waals surface area contributed by atoms with Gasteiger partial charge in [-0.05, 0) is 55.5 Å². The van der Waals surface area contributed by atoms with Crippen LogP contribution >= 0.6 is 0 Å². The molecule has 0 unspecified atom stereocenters. The number of ether oxygens (including phenoxy) is 2. The van der Waals surface area contributed by atoms with Crippen LogP contribution in [0.5, 0.6) is 11.5 Å². The van der Waals surface area contributed by atoms with Crippen molar-refractivity contribution in [3.8, 4) is 11.5 Å². The number of rotatable bonds is 8. The summed E-state index contributed by atoms with van der Waals surface area (Å²) in [5, 5.41) is 2.93. The van der Waals surface area contributed by atoms with Crippen LogP contribution in [-0.2, 0) is 10.0 Å². The molecular weight excluding hydrogens is 428 g/mol. The highest BCUT2D eigenvalue weighted by Gasteiger charge is 2.22. The van der Waals surface area contributed by atoms with Crippen molar-refractivity contribution >= 4 is 21.6 Å². The second kappa shape index (κ2) is 9.74. The first-order valence-corrected chi connectivity index (χ1v) is 11.4. The van der Waals surface area contributed by atoms with Crippen LogP contribution < -0.4 is 19.1 Å². The van der Waals surface area contributed by atoms with Crippen LogP contribution in [0.15, 0.2) is 77.7 Å². The van der Waals surface area contributed by atoms with Crippen LogP contribution in [0.4, 0.5) is 5.69 Å². The van der Waals surface area contributed by atoms with Crippen molar-refractivity contribution in [2.45, 2.75) is 17.9 Å². The highest BCUT2D eigenvalue weighted by molar-refractivity contribution is 7.92. The number of nitrogens with one attached hydrogen (secondary N) is 1. The van der Waals surface area contributed by atoms with Crippen LogP contribution in [0.3, 0.4) is 0 Å². The first-order chi connectivity index (χ1) is 15.3. The first-order valence-electron chi connectivity index (χ1n) is 9.94. The predicted octanol–water partition coefficient (Wildman–Crippen LogP) is 4.02. The van der Waals surface area contributed by atoms with Gasteiger partial charge in [-0.3, -0.25) is 9.10 Å². The Hall–Kier alpha value is -3.52. The van der Waals surface area contributed by atoms with E-state index in [1.54, 1.807) is 74.9 Å². The molecule has 0 saturated carbocycles. The molecule has 0 spiro atoms. The fourth-order valence-electron chi connectivity index (χ4n) is 3.27. The normalized spacial score (nSPS) is 12.0. The van der Waals surface area contributed by atoms with Crippen LogP contribution in [0.2, 0.25) is 0 Å². The van der Waals surface area contributed by atoms with Crippen LogP contribution in [0, 0.1) is 0 Å². The topological polar surface area (TPSA) is 84.9 Å². The fraction of sp³-hybridized carbons (Fsp3) is 0.208. The van der Waals surface area contributed by atoms with Gasteiger partial charge in [0.1, 0.15) is 11.5 Å². The van der Waals surface area contributed by atoms with Gasteiger partial charge in [-0.15, -0.1) is 0 Å². The number of hydrogen-bond donors (Lipinski definition) is 1. The van der Waals surface area contributed by atoms with Gasteiger partial charge in [-0.25, -0.2) is 8.42 Å². The summed E-state index contributed by atoms with van der Waals surface area (Å²) in [6.07, 6.45) is 0. The summed E-state index contributed by atoms with van der Waals surface area (Å²) < 4.78 is 37.7. The van der Waals surface area contributed by atoms with Crippen molar-refractivity contribution in [1.29, 1.82) is 0 Å². The standard InChI is InChI=1S/C24H26N2O5S/c1-17(22-16-20(30-3)13-14-23(22)31-4)25-24(27)18-9-8-10-19(15-18)26(2)32(28,29)21-11-6-5-7-12-21/h5-17H,1-4H3,(H,25,27)/t17-/m0/s1. The average molecular weight is 455 g/mol. The van der Waals surface area contributed by atoms with E-state index in [1.807, 2.05) is 6.92 Å². The van der Waals surface area contributed by atoms with Gasteiger partial charge in [0.25, 0.3) is 15.9 Å². The highest BCUT2D eigenvalue weighted by atomic mass is 32.2. The minimum Gasteiger partial charge on any atom is -0.497 e. The maximum Gasteiger partial charge on any atom is 0.264 e. The molecule has 0 aliphatic rings. The van der Waals surface area contributed by atoms with Gasteiger partial charge in [0, 0.05) is 18.2 Å². The second-order valence-corrected chi connectivity index (χ2v) is 9.11. The highest BCUT2D eigenvalue weighted by Crippen LogP contribution is 2.30. The molecule has 8 heteroatoms. The maximum atomic E-state index is 12.9. The Labute approximate surface area is 188 Å². The molecule has 3 rings (SSSR count). The fourth-order valence-corrected chi connectivity index (χ4v) is 4.48. The number of benzene rings is 3. The summed E-state index contributed by atoms with van der Waals surface area (Å²) in [5.41, 5.74) is 1.49. The van der Waals surface area contributed by atoms with Gasteiger partial charge >= 0.3 is 0 Å². The zero-order valence-electron chi connectivity index (χ0n) is 18.4. The third kappa shape index (κ3) is 4.86. The number of carbonyl (C=O) groups excluding carboxylic acids is 1. The van der Waals surface area contributed by atoms with Crippen molar-refractivity contribution in [2.24, 2.45) is 0 Å². The Balaban J connectivity index is 1.83. The van der Waals surface area contributed by atoms with Gasteiger partial charge in [0.05, 0.1) is 30.8 Å². The van der Waals surface area contributed by atoms with E-state index in [9.17, 15) is 13.2 Å². The van der Waals surface area contributed by atoms with Crippen LogP contribution in [0.25, 0.3) is 0 Å². The van der Waals surface area contributed by atoms with E-state index in [-0.39, 0.29) is 16.8 Å². The van der Waals surface area contributed by atoms with Gasteiger partial charge in [0.15, 0.2) is 0 Å². The molecule has 0 bridgehead atoms. The molecule has 168 valence electrons. The van der Waals surface area contributed by atoms with Crippen molar-refractivity contribution in [1.82, 2.24) is 5.32 Å². The molecule has 0 saturated heterocycles. The lowest BCUT2D eigenvalue weighted by molar-refractivity contribution is 0.0939. The van der Waals surface area contributed by atoms with E-state index in [2.05, 4.69) is 5.32 Å². The Bertz CT molecular complexity index is 1200. The Morgan fingerprint density at radius 2 is 1.66 bits per heavy atom. The number of hydrogen-bond acceptors (Lipinski definition) is 5. The molecule has 0 fully saturated rings. The van der Waals surface area contributed by atoms with E-state index in [1.165, 1.54) is 19.2 Å². The zero-order valence-corrected chi connectivity index (χ0v) is 19.2. The summed E-state index contributed by atoms with van der Waals surface area (Å²) in [5.74, 6) is 0.937. The summed E-state index contributed by atoms with van der Waals surface area (Å²) in [6.45, 7) is 1.84. The Kier molecular flexibility index (Phi) is 7.05. The van der Waals surface area contributed by atoms with E-state index < -0.39 is 10.0 Å². The van der Waals surface area contributed by atoms with Gasteiger partial charge < -0.3 is 14.8 Å². The molecular formula is C24H26N2O5S. The molecule has 0 aromatic heterocycles. The maximum absolute atomic E-state index is 12.9. The minimum atomic E-state index is -3.75. The Morgan fingerprint density at radius 1 is 0.938 bits per heavy atom. The number of nitrogens with zero attached hydrogens (tertiary/aromatic N) is 1. The molecule has 1 N–H and O–H groups in total. The molecule has 7 nitrogen and oxygen atoms in total. The van der Waals surface area contributed by atoms with E-state index in [0.717, 1.165) is 9.87 Å². The number of carbonyl (C=O) groups is 1. The van der Waals surface area contributed by atoms with Gasteiger partial charge in [-0.2, -0.15) is 0 Å². The molecule has 0 aliphatic carbocycles. The van der Waals surface area contributed by atoms with Crippen LogP contribution in [0.1, 0.15) is 28.9 Å². The molecule has 0 aliphatic heterocycles. The SMILES string of the molecule is COc1ccc(OC)c([C@H](C)NC(=O)c2cccc(N(C)S(=O)(=O)c3ccccc3)c2)c1. The molecule has 1 amide bonds. The molecule has 32 heavy (non-hydrogen) atoms. The number of methoxy groups -OCH3 is 2. The lowest BCUT2D eigenvalue weighted by Crippen LogP contribution is -2.29. The van der Waals surface area contributed by atoms with E-state index in [0.29, 0.717) is 22.7 Å². The summed E-state index contributed by atoms with van der Waals surface area (Å²) >= 11 is 0. The van der Waals surface area contributed by atoms with Crippen molar-refractivity contribution in [3.05, 3.63) is 83.9 Å². The second-order valence-electron chi connectivity index (χ2n) is 7.14. The van der Waals surface area contributed by atoms with Gasteiger partial charge in [-0.1, -0.05) is 24.3 Å². The minimum absolute atomic E-state index is 0.177. The quantitative estimate of drug-likeness (QED) is 0.556. The third-order valence-electron chi connectivity index (χ3n) is 5.12. The predicted molar refractivity (Wildman–Crippen MR) is 124 cm³/mol. The molecule has 3 aromatic carbocycles. The average Bonchev–Trinajstić information content (AvgIpc) is 2.83. The number of amides is 1. The smallest absolute Gasteiger partial charge is 0.264 e. The van der Waals surface area contributed by atoms with Crippen molar-refractivity contribution in [3.63, 3.8) is 0 Å². The Morgan fingerprint density at radius 3 is 2.31 bits per heavy atom. The zero-order chi connectivity index (χ0) is 23.3. The molecule has 3 aromatic rings. The molecule has 0 radical (unpaired) electrons. The summed E-state index contributed by atoms with van der Waals surface area (Å²) in [7, 11) is 0.847. The van der Waals surface area contributed by atoms with Crippen LogP contribution in [-0.4, -0.2) is 35.6 Å². The lowest BCUT2D eigenvalue weighted by atomic mass is 10.1. The van der Waals surface area contributed by atoms with E-state index in [4.69, 9.17) is 9.47 Å². The number of anilines is 1. The number of sulfonamides is 1. The lowest BCUT2D eigenvalue weighted by Gasteiger charge is -2.21. The monoisotopic (exact) mass is 454 g/mol. The first kappa shape index (κ1) is 23.1. The molecule has 0 heterocycles. The third-order valence-corrected chi connectivity index (χ3v) is 6.92. The summed E-state index contributed by atoms with van der Waals surface area (Å²) in [4.78, 5) is 13.1. The molecule has 1 atom stereocenters. The van der Waals surface area contributed by atoms with Crippen molar-refractivity contribution < 1.29 is 22.7 Å². The van der Waals surface area contributed by atoms with Crippen molar-refractivity contribution in [2.75, 3.05) is 25.6 Å².